The molecule has 3 rings (SSSR count). The quantitative estimate of drug-likeness (QED) is 0.712. The fourth-order valence-electron chi connectivity index (χ4n) is 3.36. The van der Waals surface area contributed by atoms with E-state index in [2.05, 4.69) is 22.7 Å². The number of hydrogen-bond donors (Lipinski definition) is 1. The maximum atomic E-state index is 12.7. The van der Waals surface area contributed by atoms with E-state index in [1.807, 2.05) is 39.0 Å². The van der Waals surface area contributed by atoms with Crippen molar-refractivity contribution in [1.29, 1.82) is 0 Å². The van der Waals surface area contributed by atoms with Gasteiger partial charge in [-0.05, 0) is 37.5 Å². The van der Waals surface area contributed by atoms with Gasteiger partial charge in [0.05, 0.1) is 36.4 Å². The van der Waals surface area contributed by atoms with Gasteiger partial charge in [0.25, 0.3) is 5.56 Å². The van der Waals surface area contributed by atoms with Gasteiger partial charge in [-0.3, -0.25) is 4.79 Å². The van der Waals surface area contributed by atoms with E-state index < -0.39 is 0 Å². The van der Waals surface area contributed by atoms with Crippen molar-refractivity contribution in [1.82, 2.24) is 14.5 Å². The van der Waals surface area contributed by atoms with Crippen molar-refractivity contribution in [3.05, 3.63) is 46.0 Å². The van der Waals surface area contributed by atoms with E-state index in [4.69, 9.17) is 14.5 Å². The monoisotopic (exact) mass is 369 g/mol. The van der Waals surface area contributed by atoms with Crippen molar-refractivity contribution < 1.29 is 9.47 Å². The van der Waals surface area contributed by atoms with Gasteiger partial charge < -0.3 is 19.0 Å². The molecule has 0 amide bonds. The molecule has 0 fully saturated rings. The highest BCUT2D eigenvalue weighted by atomic mass is 16.5. The zero-order valence-corrected chi connectivity index (χ0v) is 16.8. The highest BCUT2D eigenvalue weighted by Gasteiger charge is 2.19. The van der Waals surface area contributed by atoms with Crippen LogP contribution in [-0.2, 0) is 4.74 Å². The number of nitrogens with zero attached hydrogens (tertiary/aromatic N) is 2. The lowest BCUT2D eigenvalue weighted by Crippen LogP contribution is -2.13. The first-order valence-corrected chi connectivity index (χ1v) is 9.16. The summed E-state index contributed by atoms with van der Waals surface area (Å²) in [6.45, 7) is 8.81. The third-order valence-electron chi connectivity index (χ3n) is 4.86. The molecule has 0 radical (unpaired) electrons. The minimum absolute atomic E-state index is 0.156. The average Bonchev–Trinajstić information content (AvgIpc) is 2.96. The van der Waals surface area contributed by atoms with Crippen LogP contribution in [0.4, 0.5) is 0 Å². The van der Waals surface area contributed by atoms with Gasteiger partial charge in [0.1, 0.15) is 11.4 Å². The van der Waals surface area contributed by atoms with Crippen LogP contribution in [0.3, 0.4) is 0 Å². The molecule has 0 bridgehead atoms. The molecule has 27 heavy (non-hydrogen) atoms. The first-order chi connectivity index (χ1) is 12.9. The standard InChI is InChI=1S/C21H27N3O3/c1-12(2)16-8-7-15(21(25)22-16)20-18(27-6)9-17-19(23-20)13(3)10-24(17)14(4)11-26-5/h7-10,12,14H,11H2,1-6H3,(H,22,25)/t14-/m0/s1. The molecule has 0 aliphatic carbocycles. The number of nitrogens with one attached hydrogen (secondary N) is 1. The van der Waals surface area contributed by atoms with Crippen molar-refractivity contribution >= 4 is 11.0 Å². The van der Waals surface area contributed by atoms with Gasteiger partial charge in [0.2, 0.25) is 0 Å². The Morgan fingerprint density at radius 1 is 1.22 bits per heavy atom. The van der Waals surface area contributed by atoms with E-state index in [0.717, 1.165) is 22.3 Å². The van der Waals surface area contributed by atoms with E-state index in [9.17, 15) is 4.79 Å². The summed E-state index contributed by atoms with van der Waals surface area (Å²) in [5.74, 6) is 0.830. The first kappa shape index (κ1) is 19.2. The summed E-state index contributed by atoms with van der Waals surface area (Å²) < 4.78 is 13.0. The van der Waals surface area contributed by atoms with Gasteiger partial charge in [-0.25, -0.2) is 4.98 Å². The molecule has 6 heteroatoms. The number of aromatic amines is 1. The van der Waals surface area contributed by atoms with Crippen molar-refractivity contribution in [2.75, 3.05) is 20.8 Å². The Bertz CT molecular complexity index is 1020. The van der Waals surface area contributed by atoms with Crippen LogP contribution in [0.25, 0.3) is 22.3 Å². The smallest absolute Gasteiger partial charge is 0.257 e. The topological polar surface area (TPSA) is 69.1 Å². The number of fused-ring (bicyclic) bond motifs is 1. The van der Waals surface area contributed by atoms with Gasteiger partial charge in [-0.1, -0.05) is 13.8 Å². The highest BCUT2D eigenvalue weighted by molar-refractivity contribution is 5.85. The van der Waals surface area contributed by atoms with E-state index >= 15 is 0 Å². The molecule has 0 saturated carbocycles. The minimum atomic E-state index is -0.156. The number of ether oxygens (including phenoxy) is 2. The van der Waals surface area contributed by atoms with Crippen molar-refractivity contribution in [2.24, 2.45) is 0 Å². The number of pyridine rings is 2. The minimum Gasteiger partial charge on any atom is -0.494 e. The molecule has 6 nitrogen and oxygen atoms in total. The molecule has 0 spiro atoms. The van der Waals surface area contributed by atoms with E-state index in [1.165, 1.54) is 0 Å². The predicted molar refractivity (Wildman–Crippen MR) is 108 cm³/mol. The summed E-state index contributed by atoms with van der Waals surface area (Å²) >= 11 is 0. The number of rotatable bonds is 6. The highest BCUT2D eigenvalue weighted by Crippen LogP contribution is 2.33. The lowest BCUT2D eigenvalue weighted by Gasteiger charge is -2.15. The SMILES string of the molecule is COC[C@H](C)n1cc(C)c2nc(-c3ccc(C(C)C)[nH]c3=O)c(OC)cc21. The molecule has 1 atom stereocenters. The molecule has 0 saturated heterocycles. The Hall–Kier alpha value is -2.60. The number of aryl methyl sites for hydroxylation is 1. The third kappa shape index (κ3) is 3.49. The summed E-state index contributed by atoms with van der Waals surface area (Å²) in [5, 5.41) is 0. The van der Waals surface area contributed by atoms with Crippen molar-refractivity contribution in [3.8, 4) is 17.0 Å². The van der Waals surface area contributed by atoms with Gasteiger partial charge in [0.15, 0.2) is 0 Å². The van der Waals surface area contributed by atoms with Crippen LogP contribution < -0.4 is 10.3 Å². The second-order valence-electron chi connectivity index (χ2n) is 7.24. The van der Waals surface area contributed by atoms with Crippen molar-refractivity contribution in [2.45, 2.75) is 39.7 Å². The largest absolute Gasteiger partial charge is 0.494 e. The predicted octanol–water partition coefficient (Wildman–Crippen LogP) is 4.04. The molecular formula is C21H27N3O3. The van der Waals surface area contributed by atoms with Gasteiger partial charge in [-0.15, -0.1) is 0 Å². The molecule has 144 valence electrons. The molecule has 0 unspecified atom stereocenters. The second kappa shape index (κ2) is 7.56. The third-order valence-corrected chi connectivity index (χ3v) is 4.86. The molecule has 1 N–H and O–H groups in total. The van der Waals surface area contributed by atoms with Crippen LogP contribution in [0, 0.1) is 6.92 Å². The molecule has 3 aromatic heterocycles. The summed E-state index contributed by atoms with van der Waals surface area (Å²) in [6, 6.07) is 5.88. The van der Waals surface area contributed by atoms with Gasteiger partial charge >= 0.3 is 0 Å². The fraction of sp³-hybridized carbons (Fsp3) is 0.429. The van der Waals surface area contributed by atoms with Crippen LogP contribution in [0.15, 0.2) is 29.2 Å². The zero-order valence-electron chi connectivity index (χ0n) is 16.8. The zero-order chi connectivity index (χ0) is 19.7. The van der Waals surface area contributed by atoms with E-state index in [-0.39, 0.29) is 17.5 Å². The van der Waals surface area contributed by atoms with Crippen LogP contribution in [0.1, 0.15) is 44.0 Å². The maximum absolute atomic E-state index is 12.7. The summed E-state index contributed by atoms with van der Waals surface area (Å²) in [5.41, 5.74) is 4.69. The molecule has 0 aromatic carbocycles. The van der Waals surface area contributed by atoms with Gasteiger partial charge in [0, 0.05) is 25.1 Å². The fourth-order valence-corrected chi connectivity index (χ4v) is 3.36. The molecule has 0 aliphatic heterocycles. The van der Waals surface area contributed by atoms with Crippen LogP contribution in [0.5, 0.6) is 5.75 Å². The van der Waals surface area contributed by atoms with E-state index in [0.29, 0.717) is 23.6 Å². The number of hydrogen-bond acceptors (Lipinski definition) is 4. The second-order valence-corrected chi connectivity index (χ2v) is 7.24. The Morgan fingerprint density at radius 3 is 2.56 bits per heavy atom. The Labute approximate surface area is 159 Å². The average molecular weight is 369 g/mol. The molecule has 3 aromatic rings. The van der Waals surface area contributed by atoms with Crippen LogP contribution >= 0.6 is 0 Å². The Balaban J connectivity index is 2.20. The number of methoxy groups -OCH3 is 2. The summed E-state index contributed by atoms with van der Waals surface area (Å²) in [7, 11) is 3.29. The molecule has 3 heterocycles. The van der Waals surface area contributed by atoms with Crippen molar-refractivity contribution in [3.63, 3.8) is 0 Å². The lowest BCUT2D eigenvalue weighted by molar-refractivity contribution is 0.164. The van der Waals surface area contributed by atoms with Crippen LogP contribution in [0.2, 0.25) is 0 Å². The molecular weight excluding hydrogens is 342 g/mol. The summed E-state index contributed by atoms with van der Waals surface area (Å²) in [4.78, 5) is 20.4. The number of H-pyrrole nitrogens is 1. The van der Waals surface area contributed by atoms with Gasteiger partial charge in [-0.2, -0.15) is 0 Å². The summed E-state index contributed by atoms with van der Waals surface area (Å²) in [6.07, 6.45) is 2.07. The maximum Gasteiger partial charge on any atom is 0.257 e. The Morgan fingerprint density at radius 2 is 1.96 bits per heavy atom. The van der Waals surface area contributed by atoms with E-state index in [1.54, 1.807) is 14.2 Å². The lowest BCUT2D eigenvalue weighted by atomic mass is 10.1. The number of aromatic nitrogens is 3. The van der Waals surface area contributed by atoms with Crippen LogP contribution in [-0.4, -0.2) is 35.4 Å². The normalized spacial score (nSPS) is 12.7. The first-order valence-electron chi connectivity index (χ1n) is 9.16. The Kier molecular flexibility index (Phi) is 5.37. The molecule has 0 aliphatic rings.